The van der Waals surface area contributed by atoms with Gasteiger partial charge in [0.25, 0.3) is 11.5 Å². The van der Waals surface area contributed by atoms with Crippen LogP contribution in [-0.2, 0) is 20.9 Å². The fourth-order valence-electron chi connectivity index (χ4n) is 2.91. The van der Waals surface area contributed by atoms with Crippen molar-refractivity contribution in [3.63, 3.8) is 0 Å². The van der Waals surface area contributed by atoms with Crippen LogP contribution in [0, 0.1) is 0 Å². The number of aromatic amines is 1. The highest BCUT2D eigenvalue weighted by molar-refractivity contribution is 5.84. The normalized spacial score (nSPS) is 11.7. The van der Waals surface area contributed by atoms with Crippen LogP contribution in [-0.4, -0.2) is 27.5 Å². The number of nitrogens with zero attached hydrogens (tertiary/aromatic N) is 1. The van der Waals surface area contributed by atoms with Crippen LogP contribution in [0.5, 0.6) is 0 Å². The van der Waals surface area contributed by atoms with Crippen molar-refractivity contribution in [1.29, 1.82) is 0 Å². The van der Waals surface area contributed by atoms with Crippen LogP contribution >= 0.6 is 0 Å². The van der Waals surface area contributed by atoms with Crippen LogP contribution in [0.1, 0.15) is 24.1 Å². The van der Waals surface area contributed by atoms with E-state index in [-0.39, 0.29) is 0 Å². The summed E-state index contributed by atoms with van der Waals surface area (Å²) in [4.78, 5) is 49.6. The first kappa shape index (κ1) is 20.8. The van der Waals surface area contributed by atoms with Crippen LogP contribution in [0.4, 0.5) is 0 Å². The second kappa shape index (κ2) is 9.51. The van der Waals surface area contributed by atoms with Gasteiger partial charge in [0.15, 0.2) is 6.10 Å². The Bertz CT molecular complexity index is 1080. The average Bonchev–Trinajstić information content (AvgIpc) is 2.75. The third-order valence-corrected chi connectivity index (χ3v) is 4.43. The molecular weight excluding hydrogens is 386 g/mol. The van der Waals surface area contributed by atoms with Gasteiger partial charge in [0.2, 0.25) is 0 Å². The number of benzene rings is 2. The molecule has 3 aromatic rings. The number of carbonyl (C=O) groups is 2. The first-order valence-electron chi connectivity index (χ1n) is 9.33. The number of amides is 1. The van der Waals surface area contributed by atoms with Crippen LogP contribution < -0.4 is 16.6 Å². The topological polar surface area (TPSA) is 110 Å². The van der Waals surface area contributed by atoms with E-state index in [1.165, 1.54) is 13.1 Å². The van der Waals surface area contributed by atoms with Gasteiger partial charge in [-0.2, -0.15) is 0 Å². The summed E-state index contributed by atoms with van der Waals surface area (Å²) >= 11 is 0. The third-order valence-electron chi connectivity index (χ3n) is 4.43. The molecule has 8 nitrogen and oxygen atoms in total. The molecule has 0 spiro atoms. The zero-order chi connectivity index (χ0) is 21.5. The molecule has 2 N–H and O–H groups in total. The molecule has 0 saturated heterocycles. The van der Waals surface area contributed by atoms with Crippen molar-refractivity contribution in [3.8, 4) is 0 Å². The molecule has 1 atom stereocenters. The summed E-state index contributed by atoms with van der Waals surface area (Å²) in [5.74, 6) is -1.25. The van der Waals surface area contributed by atoms with Crippen molar-refractivity contribution < 1.29 is 14.3 Å². The number of carbonyl (C=O) groups excluding carboxylic acids is 2. The molecule has 8 heteroatoms. The molecule has 0 fully saturated rings. The van der Waals surface area contributed by atoms with Gasteiger partial charge < -0.3 is 10.1 Å². The molecule has 1 aromatic heterocycles. The highest BCUT2D eigenvalue weighted by Crippen LogP contribution is 2.22. The Kier molecular flexibility index (Phi) is 6.59. The molecule has 0 unspecified atom stereocenters. The second-order valence-corrected chi connectivity index (χ2v) is 6.63. The van der Waals surface area contributed by atoms with E-state index in [2.05, 4.69) is 5.32 Å². The van der Waals surface area contributed by atoms with Gasteiger partial charge in [-0.1, -0.05) is 60.7 Å². The van der Waals surface area contributed by atoms with Gasteiger partial charge in [0.05, 0.1) is 6.04 Å². The van der Waals surface area contributed by atoms with E-state index in [9.17, 15) is 19.2 Å². The van der Waals surface area contributed by atoms with Gasteiger partial charge >= 0.3 is 11.7 Å². The average molecular weight is 407 g/mol. The Hall–Kier alpha value is -3.94. The van der Waals surface area contributed by atoms with Crippen LogP contribution in [0.15, 0.2) is 82.5 Å². The summed E-state index contributed by atoms with van der Waals surface area (Å²) in [5, 5.41) is 2.91. The van der Waals surface area contributed by atoms with E-state index in [1.807, 2.05) is 65.6 Å². The van der Waals surface area contributed by atoms with Crippen molar-refractivity contribution in [2.45, 2.75) is 25.6 Å². The Morgan fingerprint density at radius 3 is 2.07 bits per heavy atom. The highest BCUT2D eigenvalue weighted by Gasteiger charge is 2.23. The van der Waals surface area contributed by atoms with Crippen molar-refractivity contribution in [2.75, 3.05) is 0 Å². The van der Waals surface area contributed by atoms with E-state index in [4.69, 9.17) is 4.74 Å². The first-order valence-corrected chi connectivity index (χ1v) is 9.33. The molecule has 1 heterocycles. The molecule has 0 radical (unpaired) electrons. The molecule has 0 aliphatic heterocycles. The number of aromatic nitrogens is 2. The van der Waals surface area contributed by atoms with Crippen molar-refractivity contribution in [1.82, 2.24) is 14.9 Å². The van der Waals surface area contributed by atoms with Crippen LogP contribution in [0.3, 0.4) is 0 Å². The number of nitrogens with one attached hydrogen (secondary N) is 2. The van der Waals surface area contributed by atoms with E-state index in [0.717, 1.165) is 21.8 Å². The Balaban J connectivity index is 1.68. The van der Waals surface area contributed by atoms with E-state index >= 15 is 0 Å². The van der Waals surface area contributed by atoms with Crippen molar-refractivity contribution in [3.05, 3.63) is 105 Å². The molecule has 0 aliphatic rings. The van der Waals surface area contributed by atoms with Crippen LogP contribution in [0.25, 0.3) is 0 Å². The van der Waals surface area contributed by atoms with Crippen molar-refractivity contribution >= 4 is 11.9 Å². The monoisotopic (exact) mass is 407 g/mol. The number of esters is 1. The maximum absolute atomic E-state index is 12.7. The fourth-order valence-corrected chi connectivity index (χ4v) is 2.91. The minimum absolute atomic E-state index is 0.414. The van der Waals surface area contributed by atoms with Crippen molar-refractivity contribution in [2.24, 2.45) is 0 Å². The zero-order valence-electron chi connectivity index (χ0n) is 16.3. The lowest BCUT2D eigenvalue weighted by Gasteiger charge is -2.22. The summed E-state index contributed by atoms with van der Waals surface area (Å²) in [5.41, 5.74) is 0.473. The Morgan fingerprint density at radius 1 is 0.967 bits per heavy atom. The van der Waals surface area contributed by atoms with Gasteiger partial charge in [-0.05, 0) is 18.1 Å². The molecule has 2 aromatic carbocycles. The summed E-state index contributed by atoms with van der Waals surface area (Å²) in [6.07, 6.45) is 0.111. The predicted molar refractivity (Wildman–Crippen MR) is 110 cm³/mol. The molecule has 3 rings (SSSR count). The lowest BCUT2D eigenvalue weighted by molar-refractivity contribution is -0.155. The molecule has 1 amide bonds. The second-order valence-electron chi connectivity index (χ2n) is 6.63. The number of H-pyrrole nitrogens is 1. The number of rotatable bonds is 7. The van der Waals surface area contributed by atoms with Gasteiger partial charge in [-0.25, -0.2) is 4.79 Å². The number of hydrogen-bond donors (Lipinski definition) is 2. The minimum Gasteiger partial charge on any atom is -0.451 e. The van der Waals surface area contributed by atoms with Crippen LogP contribution in [0.2, 0.25) is 0 Å². The fraction of sp³-hybridized carbons (Fsp3) is 0.182. The lowest BCUT2D eigenvalue weighted by atomic mass is 9.98. The van der Waals surface area contributed by atoms with E-state index < -0.39 is 41.8 Å². The SMILES string of the molecule is C[C@H](OC(=O)Cn1ccc(=O)[nH]c1=O)C(=O)NC(c1ccccc1)c1ccccc1. The van der Waals surface area contributed by atoms with E-state index in [1.54, 1.807) is 0 Å². The van der Waals surface area contributed by atoms with Gasteiger partial charge in [-0.15, -0.1) is 0 Å². The molecular formula is C22H21N3O5. The number of ether oxygens (including phenoxy) is 1. The Labute approximate surface area is 172 Å². The minimum atomic E-state index is -1.08. The first-order chi connectivity index (χ1) is 14.4. The Morgan fingerprint density at radius 2 is 1.53 bits per heavy atom. The smallest absolute Gasteiger partial charge is 0.328 e. The number of hydrogen-bond acceptors (Lipinski definition) is 5. The van der Waals surface area contributed by atoms with Gasteiger partial charge in [-0.3, -0.25) is 23.9 Å². The largest absolute Gasteiger partial charge is 0.451 e. The molecule has 30 heavy (non-hydrogen) atoms. The predicted octanol–water partition coefficient (Wildman–Crippen LogP) is 1.37. The van der Waals surface area contributed by atoms with E-state index in [0.29, 0.717) is 0 Å². The van der Waals surface area contributed by atoms with Gasteiger partial charge in [0, 0.05) is 12.3 Å². The highest BCUT2D eigenvalue weighted by atomic mass is 16.5. The third kappa shape index (κ3) is 5.32. The zero-order valence-corrected chi connectivity index (χ0v) is 16.3. The molecule has 154 valence electrons. The maximum atomic E-state index is 12.7. The lowest BCUT2D eigenvalue weighted by Crippen LogP contribution is -2.39. The summed E-state index contributed by atoms with van der Waals surface area (Å²) < 4.78 is 6.16. The standard InChI is InChI=1S/C22H21N3O5/c1-15(30-19(27)14-25-13-12-18(26)23-22(25)29)21(28)24-20(16-8-4-2-5-9-16)17-10-6-3-7-11-17/h2-13,15,20H,14H2,1H3,(H,24,28)(H,23,26,29)/t15-/m0/s1. The maximum Gasteiger partial charge on any atom is 0.328 e. The summed E-state index contributed by atoms with van der Waals surface area (Å²) in [6, 6.07) is 19.6. The summed E-state index contributed by atoms with van der Waals surface area (Å²) in [6.45, 7) is 1.03. The quantitative estimate of drug-likeness (QED) is 0.575. The molecule has 0 aliphatic carbocycles. The molecule has 0 bridgehead atoms. The van der Waals surface area contributed by atoms with Gasteiger partial charge in [0.1, 0.15) is 6.54 Å². The summed E-state index contributed by atoms with van der Waals surface area (Å²) in [7, 11) is 0. The molecule has 0 saturated carbocycles.